The number of nitrogens with zero attached hydrogens (tertiary/aromatic N) is 3. The van der Waals surface area contributed by atoms with Gasteiger partial charge in [-0.15, -0.1) is 11.3 Å². The maximum Gasteiger partial charge on any atom is 0.252 e. The number of anilines is 1. The van der Waals surface area contributed by atoms with Gasteiger partial charge in [0, 0.05) is 29.6 Å². The minimum Gasteiger partial charge on any atom is -0.454 e. The first-order chi connectivity index (χ1) is 13.6. The van der Waals surface area contributed by atoms with E-state index in [4.69, 9.17) is 14.5 Å². The van der Waals surface area contributed by atoms with E-state index in [-0.39, 0.29) is 12.7 Å². The van der Waals surface area contributed by atoms with Crippen molar-refractivity contribution in [2.24, 2.45) is 0 Å². The number of hydrogen-bond acceptors (Lipinski definition) is 7. The van der Waals surface area contributed by atoms with Crippen LogP contribution in [0.3, 0.4) is 0 Å². The zero-order valence-corrected chi connectivity index (χ0v) is 17.4. The number of hydrogen-bond donors (Lipinski definition) is 0. The minimum atomic E-state index is -0.0637. The number of fused-ring (bicyclic) bond motifs is 2. The van der Waals surface area contributed by atoms with Gasteiger partial charge in [0.2, 0.25) is 6.79 Å². The van der Waals surface area contributed by atoms with E-state index in [1.807, 2.05) is 49.8 Å². The summed E-state index contributed by atoms with van der Waals surface area (Å²) in [6, 6.07) is 7.77. The van der Waals surface area contributed by atoms with Crippen LogP contribution in [0.5, 0.6) is 11.5 Å². The number of rotatable bonds is 7. The molecule has 0 atom stereocenters. The molecule has 1 aliphatic rings. The Morgan fingerprint density at radius 2 is 2.07 bits per heavy atom. The second kappa shape index (κ2) is 8.30. The van der Waals surface area contributed by atoms with Crippen molar-refractivity contribution in [2.75, 3.05) is 38.9 Å². The molecule has 0 spiro atoms. The van der Waals surface area contributed by atoms with E-state index in [2.05, 4.69) is 4.90 Å². The molecule has 1 aliphatic heterocycles. The Labute approximate surface area is 171 Å². The maximum atomic E-state index is 12.9. The van der Waals surface area contributed by atoms with Gasteiger partial charge in [-0.05, 0) is 44.6 Å². The first kappa shape index (κ1) is 18.9. The van der Waals surface area contributed by atoms with E-state index >= 15 is 0 Å². The van der Waals surface area contributed by atoms with Crippen LogP contribution in [0, 0.1) is 0 Å². The van der Waals surface area contributed by atoms with E-state index in [9.17, 15) is 4.79 Å². The summed E-state index contributed by atoms with van der Waals surface area (Å²) >= 11 is 3.10. The molecule has 0 aliphatic carbocycles. The number of aromatic nitrogens is 1. The highest BCUT2D eigenvalue weighted by molar-refractivity contribution is 7.22. The lowest BCUT2D eigenvalue weighted by atomic mass is 10.3. The number of benzene rings is 1. The van der Waals surface area contributed by atoms with Crippen molar-refractivity contribution in [3.05, 3.63) is 40.6 Å². The Bertz CT molecular complexity index is 955. The van der Waals surface area contributed by atoms with E-state index in [0.29, 0.717) is 17.4 Å². The van der Waals surface area contributed by atoms with Crippen molar-refractivity contribution in [2.45, 2.75) is 6.42 Å². The van der Waals surface area contributed by atoms with Crippen molar-refractivity contribution < 1.29 is 14.3 Å². The molecule has 0 radical (unpaired) electrons. The summed E-state index contributed by atoms with van der Waals surface area (Å²) < 4.78 is 11.9. The standard InChI is InChI=1S/C20H21N3O3S2/c1-22(2)8-4-9-23(19(24)7-6-14-5-3-10-27-14)20-21-15-11-16-17(26-13-25-16)12-18(15)28-20/h3,5-7,10-12H,4,8-9,13H2,1-2H3. The highest BCUT2D eigenvalue weighted by Crippen LogP contribution is 2.39. The van der Waals surface area contributed by atoms with Crippen LogP contribution in [-0.2, 0) is 4.79 Å². The van der Waals surface area contributed by atoms with Gasteiger partial charge < -0.3 is 14.4 Å². The molecule has 0 N–H and O–H groups in total. The lowest BCUT2D eigenvalue weighted by Gasteiger charge is -2.19. The molecule has 0 fully saturated rings. The van der Waals surface area contributed by atoms with Gasteiger partial charge in [0.25, 0.3) is 5.91 Å². The topological polar surface area (TPSA) is 54.9 Å². The molecule has 2 aromatic heterocycles. The van der Waals surface area contributed by atoms with Gasteiger partial charge in [0.1, 0.15) is 0 Å². The zero-order chi connectivity index (χ0) is 19.5. The van der Waals surface area contributed by atoms with Gasteiger partial charge >= 0.3 is 0 Å². The Morgan fingerprint density at radius 1 is 1.25 bits per heavy atom. The van der Waals surface area contributed by atoms with Gasteiger partial charge in [-0.2, -0.15) is 0 Å². The second-order valence-electron chi connectivity index (χ2n) is 6.67. The molecule has 8 heteroatoms. The monoisotopic (exact) mass is 415 g/mol. The number of amides is 1. The normalized spacial score (nSPS) is 13.1. The minimum absolute atomic E-state index is 0.0637. The van der Waals surface area contributed by atoms with E-state index < -0.39 is 0 Å². The lowest BCUT2D eigenvalue weighted by molar-refractivity contribution is -0.114. The molecule has 3 heterocycles. The van der Waals surface area contributed by atoms with Crippen LogP contribution >= 0.6 is 22.7 Å². The first-order valence-corrected chi connectivity index (χ1v) is 10.7. The van der Waals surface area contributed by atoms with Crippen LogP contribution in [0.15, 0.2) is 35.7 Å². The summed E-state index contributed by atoms with van der Waals surface area (Å²) in [6.45, 7) is 1.75. The highest BCUT2D eigenvalue weighted by Gasteiger charge is 2.21. The van der Waals surface area contributed by atoms with Crippen LogP contribution in [-0.4, -0.2) is 49.8 Å². The number of thiazole rings is 1. The van der Waals surface area contributed by atoms with Crippen LogP contribution in [0.25, 0.3) is 16.3 Å². The predicted molar refractivity (Wildman–Crippen MR) is 115 cm³/mol. The van der Waals surface area contributed by atoms with Crippen molar-refractivity contribution in [1.82, 2.24) is 9.88 Å². The largest absolute Gasteiger partial charge is 0.454 e. The third-order valence-electron chi connectivity index (χ3n) is 4.29. The summed E-state index contributed by atoms with van der Waals surface area (Å²) in [5.41, 5.74) is 0.817. The van der Waals surface area contributed by atoms with E-state index in [1.54, 1.807) is 22.3 Å². The van der Waals surface area contributed by atoms with E-state index in [0.717, 1.165) is 33.8 Å². The number of carbonyl (C=O) groups excluding carboxylic acids is 1. The Morgan fingerprint density at radius 3 is 2.82 bits per heavy atom. The molecule has 146 valence electrons. The highest BCUT2D eigenvalue weighted by atomic mass is 32.1. The summed E-state index contributed by atoms with van der Waals surface area (Å²) in [5, 5.41) is 2.69. The van der Waals surface area contributed by atoms with E-state index in [1.165, 1.54) is 11.3 Å². The molecule has 3 aromatic rings. The predicted octanol–water partition coefficient (Wildman–Crippen LogP) is 4.08. The number of carbonyl (C=O) groups is 1. The van der Waals surface area contributed by atoms with Gasteiger partial charge in [-0.1, -0.05) is 17.4 Å². The van der Waals surface area contributed by atoms with Crippen LogP contribution in [0.1, 0.15) is 11.3 Å². The summed E-state index contributed by atoms with van der Waals surface area (Å²) in [6.07, 6.45) is 4.35. The molecule has 4 rings (SSSR count). The quantitative estimate of drug-likeness (QED) is 0.544. The zero-order valence-electron chi connectivity index (χ0n) is 15.8. The van der Waals surface area contributed by atoms with Gasteiger partial charge in [0.05, 0.1) is 10.2 Å². The smallest absolute Gasteiger partial charge is 0.252 e. The molecule has 6 nitrogen and oxygen atoms in total. The fraction of sp³-hybridized carbons (Fsp3) is 0.300. The average Bonchev–Trinajstić information content (AvgIpc) is 3.40. The Kier molecular flexibility index (Phi) is 5.61. The van der Waals surface area contributed by atoms with Crippen LogP contribution in [0.4, 0.5) is 5.13 Å². The fourth-order valence-electron chi connectivity index (χ4n) is 2.90. The molecule has 28 heavy (non-hydrogen) atoms. The van der Waals surface area contributed by atoms with Crippen molar-refractivity contribution in [3.8, 4) is 11.5 Å². The Hall–Kier alpha value is -2.42. The van der Waals surface area contributed by atoms with Crippen molar-refractivity contribution >= 4 is 50.0 Å². The molecular weight excluding hydrogens is 394 g/mol. The van der Waals surface area contributed by atoms with Gasteiger partial charge in [-0.25, -0.2) is 4.98 Å². The summed E-state index contributed by atoms with van der Waals surface area (Å²) in [4.78, 5) is 22.6. The Balaban J connectivity index is 1.60. The van der Waals surface area contributed by atoms with Gasteiger partial charge in [-0.3, -0.25) is 9.69 Å². The molecule has 0 saturated heterocycles. The van der Waals surface area contributed by atoms with Crippen molar-refractivity contribution in [1.29, 1.82) is 0 Å². The molecule has 1 aromatic carbocycles. The van der Waals surface area contributed by atoms with Gasteiger partial charge in [0.15, 0.2) is 16.6 Å². The van der Waals surface area contributed by atoms with Crippen molar-refractivity contribution in [3.63, 3.8) is 0 Å². The number of thiophene rings is 1. The molecule has 0 bridgehead atoms. The third kappa shape index (κ3) is 4.19. The second-order valence-corrected chi connectivity index (χ2v) is 8.65. The number of ether oxygens (including phenoxy) is 2. The first-order valence-electron chi connectivity index (χ1n) is 8.98. The molecule has 0 unspecified atom stereocenters. The molecular formula is C20H21N3O3S2. The molecule has 0 saturated carbocycles. The maximum absolute atomic E-state index is 12.9. The third-order valence-corrected chi connectivity index (χ3v) is 6.17. The summed E-state index contributed by atoms with van der Waals surface area (Å²) in [5.74, 6) is 1.37. The lowest BCUT2D eigenvalue weighted by Crippen LogP contribution is -2.32. The average molecular weight is 416 g/mol. The fourth-order valence-corrected chi connectivity index (χ4v) is 4.52. The molecule has 1 amide bonds. The SMILES string of the molecule is CN(C)CCCN(C(=O)C=Cc1cccs1)c1nc2cc3c(cc2s1)OCO3. The van der Waals surface area contributed by atoms with Crippen LogP contribution < -0.4 is 14.4 Å². The van der Waals surface area contributed by atoms with Crippen LogP contribution in [0.2, 0.25) is 0 Å². The summed E-state index contributed by atoms with van der Waals surface area (Å²) in [7, 11) is 4.06.